The first kappa shape index (κ1) is 23.1. The molecule has 3 aromatic carbocycles. The Morgan fingerprint density at radius 2 is 1.41 bits per heavy atom. The number of thiocarbonyl (C=S) groups is 1. The smallest absolute Gasteiger partial charge is 0.257 e. The van der Waals surface area contributed by atoms with E-state index in [9.17, 15) is 4.79 Å². The lowest BCUT2D eigenvalue weighted by atomic mass is 10.2. The van der Waals surface area contributed by atoms with Crippen LogP contribution < -0.4 is 24.8 Å². The van der Waals surface area contributed by atoms with Crippen molar-refractivity contribution in [2.75, 3.05) is 25.1 Å². The van der Waals surface area contributed by atoms with Crippen LogP contribution in [0.3, 0.4) is 0 Å². The molecule has 0 heterocycles. The Labute approximate surface area is 193 Å². The molecule has 3 aromatic rings. The summed E-state index contributed by atoms with van der Waals surface area (Å²) in [5.74, 6) is 1.88. The minimum atomic E-state index is -0.303. The lowest BCUT2D eigenvalue weighted by Gasteiger charge is -2.12. The van der Waals surface area contributed by atoms with Crippen LogP contribution in [0.4, 0.5) is 5.69 Å². The predicted molar refractivity (Wildman–Crippen MR) is 130 cm³/mol. The lowest BCUT2D eigenvalue weighted by Crippen LogP contribution is -2.34. The molecular formula is C25H26N2O4S. The van der Waals surface area contributed by atoms with Crippen LogP contribution >= 0.6 is 12.2 Å². The van der Waals surface area contributed by atoms with E-state index < -0.39 is 0 Å². The number of carbonyl (C=O) groups excluding carboxylic acids is 1. The van der Waals surface area contributed by atoms with E-state index in [0.717, 1.165) is 17.9 Å². The fraction of sp³-hybridized carbons (Fsp3) is 0.200. The topological polar surface area (TPSA) is 68.8 Å². The second kappa shape index (κ2) is 12.3. The van der Waals surface area contributed by atoms with Crippen LogP contribution in [0.5, 0.6) is 17.2 Å². The van der Waals surface area contributed by atoms with Crippen molar-refractivity contribution in [1.29, 1.82) is 0 Å². The van der Waals surface area contributed by atoms with Gasteiger partial charge < -0.3 is 19.5 Å². The zero-order valence-electron chi connectivity index (χ0n) is 17.9. The first-order valence-corrected chi connectivity index (χ1v) is 10.8. The summed E-state index contributed by atoms with van der Waals surface area (Å²) in [5.41, 5.74) is 1.22. The van der Waals surface area contributed by atoms with Crippen LogP contribution in [0.2, 0.25) is 0 Å². The quantitative estimate of drug-likeness (QED) is 0.332. The Bertz CT molecular complexity index is 1010. The molecular weight excluding hydrogens is 424 g/mol. The molecule has 0 saturated carbocycles. The number of anilines is 1. The molecule has 0 aliphatic carbocycles. The fourth-order valence-corrected chi connectivity index (χ4v) is 2.97. The molecule has 0 aliphatic rings. The van der Waals surface area contributed by atoms with E-state index in [1.54, 1.807) is 18.2 Å². The molecule has 0 fully saturated rings. The second-order valence-electron chi connectivity index (χ2n) is 6.82. The summed E-state index contributed by atoms with van der Waals surface area (Å²) in [5, 5.41) is 5.88. The summed E-state index contributed by atoms with van der Waals surface area (Å²) in [4.78, 5) is 12.4. The number of hydrogen-bond donors (Lipinski definition) is 2. The Morgan fingerprint density at radius 1 is 0.781 bits per heavy atom. The van der Waals surface area contributed by atoms with Gasteiger partial charge in [0.15, 0.2) is 5.11 Å². The number of amides is 1. The van der Waals surface area contributed by atoms with Crippen molar-refractivity contribution in [1.82, 2.24) is 5.32 Å². The standard InChI is InChI=1S/C25H26N2O4S/c1-2-15-29-23-10-6-7-19(18-23)24(28)27-25(32)26-20-11-13-22(14-12-20)31-17-16-30-21-8-4-3-5-9-21/h3-14,18H,2,15-17H2,1H3,(H2,26,27,28,32). The van der Waals surface area contributed by atoms with Gasteiger partial charge >= 0.3 is 0 Å². The van der Waals surface area contributed by atoms with Crippen molar-refractivity contribution in [3.63, 3.8) is 0 Å². The van der Waals surface area contributed by atoms with Crippen molar-refractivity contribution in [3.05, 3.63) is 84.4 Å². The highest BCUT2D eigenvalue weighted by Crippen LogP contribution is 2.17. The maximum Gasteiger partial charge on any atom is 0.257 e. The van der Waals surface area contributed by atoms with Gasteiger partial charge in [0.2, 0.25) is 0 Å². The number of benzene rings is 3. The van der Waals surface area contributed by atoms with Crippen molar-refractivity contribution in [3.8, 4) is 17.2 Å². The third-order valence-corrected chi connectivity index (χ3v) is 4.48. The average Bonchev–Trinajstić information content (AvgIpc) is 2.82. The molecule has 2 N–H and O–H groups in total. The SMILES string of the molecule is CCCOc1cccc(C(=O)NC(=S)Nc2ccc(OCCOc3ccccc3)cc2)c1. The summed E-state index contributed by atoms with van der Waals surface area (Å²) < 4.78 is 16.9. The van der Waals surface area contributed by atoms with E-state index in [2.05, 4.69) is 10.6 Å². The maximum absolute atomic E-state index is 12.4. The van der Waals surface area contributed by atoms with Gasteiger partial charge in [0, 0.05) is 11.3 Å². The summed E-state index contributed by atoms with van der Waals surface area (Å²) in [6.45, 7) is 3.51. The van der Waals surface area contributed by atoms with Crippen LogP contribution in [0.15, 0.2) is 78.9 Å². The molecule has 0 unspecified atom stereocenters. The molecule has 0 saturated heterocycles. The minimum absolute atomic E-state index is 0.208. The molecule has 7 heteroatoms. The predicted octanol–water partition coefficient (Wildman–Crippen LogP) is 5.06. The van der Waals surface area contributed by atoms with Gasteiger partial charge in [0.25, 0.3) is 5.91 Å². The molecule has 0 atom stereocenters. The van der Waals surface area contributed by atoms with Gasteiger partial charge in [-0.3, -0.25) is 10.1 Å². The van der Waals surface area contributed by atoms with Gasteiger partial charge in [0.05, 0.1) is 6.61 Å². The summed E-state index contributed by atoms with van der Waals surface area (Å²) in [6.07, 6.45) is 0.899. The molecule has 166 valence electrons. The monoisotopic (exact) mass is 450 g/mol. The maximum atomic E-state index is 12.4. The Kier molecular flexibility index (Phi) is 8.89. The number of nitrogens with one attached hydrogen (secondary N) is 2. The fourth-order valence-electron chi connectivity index (χ4n) is 2.75. The molecule has 0 aromatic heterocycles. The molecule has 32 heavy (non-hydrogen) atoms. The first-order chi connectivity index (χ1) is 15.6. The average molecular weight is 451 g/mol. The van der Waals surface area contributed by atoms with E-state index in [1.165, 1.54) is 0 Å². The van der Waals surface area contributed by atoms with Crippen LogP contribution in [0, 0.1) is 0 Å². The van der Waals surface area contributed by atoms with Crippen molar-refractivity contribution < 1.29 is 19.0 Å². The normalized spacial score (nSPS) is 10.2. The van der Waals surface area contributed by atoms with Gasteiger partial charge in [-0.2, -0.15) is 0 Å². The van der Waals surface area contributed by atoms with E-state index in [4.69, 9.17) is 26.4 Å². The van der Waals surface area contributed by atoms with Crippen LogP contribution in [0.1, 0.15) is 23.7 Å². The summed E-state index contributed by atoms with van der Waals surface area (Å²) >= 11 is 5.26. The van der Waals surface area contributed by atoms with E-state index in [1.807, 2.05) is 67.6 Å². The summed E-state index contributed by atoms with van der Waals surface area (Å²) in [7, 11) is 0. The van der Waals surface area contributed by atoms with E-state index >= 15 is 0 Å². The third-order valence-electron chi connectivity index (χ3n) is 4.27. The number of ether oxygens (including phenoxy) is 3. The lowest BCUT2D eigenvalue weighted by molar-refractivity contribution is 0.0977. The highest BCUT2D eigenvalue weighted by atomic mass is 32.1. The highest BCUT2D eigenvalue weighted by Gasteiger charge is 2.09. The third kappa shape index (κ3) is 7.59. The van der Waals surface area contributed by atoms with Gasteiger partial charge in [0.1, 0.15) is 30.5 Å². The largest absolute Gasteiger partial charge is 0.494 e. The molecule has 0 radical (unpaired) electrons. The van der Waals surface area contributed by atoms with Crippen LogP contribution in [0.25, 0.3) is 0 Å². The highest BCUT2D eigenvalue weighted by molar-refractivity contribution is 7.80. The van der Waals surface area contributed by atoms with Gasteiger partial charge in [-0.1, -0.05) is 31.2 Å². The molecule has 3 rings (SSSR count). The number of hydrogen-bond acceptors (Lipinski definition) is 5. The van der Waals surface area contributed by atoms with Crippen molar-refractivity contribution >= 4 is 28.9 Å². The summed E-state index contributed by atoms with van der Waals surface area (Å²) in [6, 6.07) is 23.9. The second-order valence-corrected chi connectivity index (χ2v) is 7.23. The van der Waals surface area contributed by atoms with Gasteiger partial charge in [-0.05, 0) is 73.2 Å². The minimum Gasteiger partial charge on any atom is -0.494 e. The molecule has 6 nitrogen and oxygen atoms in total. The van der Waals surface area contributed by atoms with E-state index in [0.29, 0.717) is 36.9 Å². The van der Waals surface area contributed by atoms with Crippen molar-refractivity contribution in [2.24, 2.45) is 0 Å². The number of carbonyl (C=O) groups is 1. The van der Waals surface area contributed by atoms with Gasteiger partial charge in [-0.25, -0.2) is 0 Å². The molecule has 0 aliphatic heterocycles. The van der Waals surface area contributed by atoms with Gasteiger partial charge in [-0.15, -0.1) is 0 Å². The Morgan fingerprint density at radius 3 is 2.09 bits per heavy atom. The number of rotatable bonds is 10. The Hall–Kier alpha value is -3.58. The molecule has 1 amide bonds. The van der Waals surface area contributed by atoms with E-state index in [-0.39, 0.29) is 11.0 Å². The van der Waals surface area contributed by atoms with Crippen LogP contribution in [-0.2, 0) is 0 Å². The molecule has 0 bridgehead atoms. The first-order valence-electron chi connectivity index (χ1n) is 10.4. The zero-order valence-corrected chi connectivity index (χ0v) is 18.7. The van der Waals surface area contributed by atoms with Crippen LogP contribution in [-0.4, -0.2) is 30.8 Å². The zero-order chi connectivity index (χ0) is 22.6. The molecule has 0 spiro atoms. The number of para-hydroxylation sites is 1. The Balaban J connectivity index is 1.42. The van der Waals surface area contributed by atoms with Crippen molar-refractivity contribution in [2.45, 2.75) is 13.3 Å².